The highest BCUT2D eigenvalue weighted by Crippen LogP contribution is 2.27. The maximum absolute atomic E-state index is 12.6. The van der Waals surface area contributed by atoms with E-state index in [-0.39, 0.29) is 17.6 Å². The molecule has 1 fully saturated rings. The molecule has 2 heterocycles. The molecule has 122 valence electrons. The number of furan rings is 1. The molecule has 1 aliphatic carbocycles. The Bertz CT molecular complexity index is 672. The summed E-state index contributed by atoms with van der Waals surface area (Å²) in [5.74, 6) is -0.0255. The van der Waals surface area contributed by atoms with Gasteiger partial charge in [-0.05, 0) is 37.1 Å². The smallest absolute Gasteiger partial charge is 0.291 e. The monoisotopic (exact) mass is 332 g/mol. The second-order valence-corrected chi connectivity index (χ2v) is 6.89. The first kappa shape index (κ1) is 15.8. The summed E-state index contributed by atoms with van der Waals surface area (Å²) < 4.78 is 5.06. The van der Waals surface area contributed by atoms with Crippen LogP contribution in [0.4, 0.5) is 5.00 Å². The van der Waals surface area contributed by atoms with Crippen molar-refractivity contribution in [2.75, 3.05) is 12.4 Å². The molecule has 1 N–H and O–H groups in total. The van der Waals surface area contributed by atoms with E-state index in [2.05, 4.69) is 5.32 Å². The van der Waals surface area contributed by atoms with E-state index in [1.165, 1.54) is 36.9 Å². The lowest BCUT2D eigenvalue weighted by Gasteiger charge is -2.30. The maximum Gasteiger partial charge on any atom is 0.291 e. The number of hydrogen-bond acceptors (Lipinski definition) is 4. The average molecular weight is 332 g/mol. The molecule has 6 heteroatoms. The molecule has 0 saturated heterocycles. The summed E-state index contributed by atoms with van der Waals surface area (Å²) in [5.41, 5.74) is 0. The van der Waals surface area contributed by atoms with Crippen molar-refractivity contribution >= 4 is 28.2 Å². The standard InChI is InChI=1S/C17H20N2O3S/c1-19(12-6-3-2-4-7-12)17(21)14-9-10-15(23-14)18-16(20)13-8-5-11-22-13/h5,8-12H,2-4,6-7H2,1H3,(H,18,20). The molecule has 1 aliphatic rings. The van der Waals surface area contributed by atoms with Gasteiger partial charge in [0.15, 0.2) is 5.76 Å². The van der Waals surface area contributed by atoms with Gasteiger partial charge in [-0.3, -0.25) is 9.59 Å². The van der Waals surface area contributed by atoms with Gasteiger partial charge in [0, 0.05) is 13.1 Å². The van der Waals surface area contributed by atoms with Gasteiger partial charge in [-0.15, -0.1) is 11.3 Å². The van der Waals surface area contributed by atoms with Crippen molar-refractivity contribution in [3.8, 4) is 0 Å². The molecule has 0 bridgehead atoms. The first-order chi connectivity index (χ1) is 11.1. The van der Waals surface area contributed by atoms with Crippen molar-refractivity contribution in [2.24, 2.45) is 0 Å². The summed E-state index contributed by atoms with van der Waals surface area (Å²) in [6.45, 7) is 0. The van der Waals surface area contributed by atoms with Crippen molar-refractivity contribution in [3.63, 3.8) is 0 Å². The third kappa shape index (κ3) is 3.64. The number of nitrogens with one attached hydrogen (secondary N) is 1. The Morgan fingerprint density at radius 1 is 1.22 bits per heavy atom. The van der Waals surface area contributed by atoms with Crippen LogP contribution in [0.25, 0.3) is 0 Å². The van der Waals surface area contributed by atoms with E-state index >= 15 is 0 Å². The zero-order valence-corrected chi connectivity index (χ0v) is 13.9. The molecule has 3 rings (SSSR count). The van der Waals surface area contributed by atoms with Gasteiger partial charge in [0.25, 0.3) is 11.8 Å². The van der Waals surface area contributed by atoms with Crippen molar-refractivity contribution in [3.05, 3.63) is 41.2 Å². The summed E-state index contributed by atoms with van der Waals surface area (Å²) in [7, 11) is 1.87. The zero-order valence-electron chi connectivity index (χ0n) is 13.1. The molecule has 0 atom stereocenters. The lowest BCUT2D eigenvalue weighted by Crippen LogP contribution is -2.37. The molecule has 0 radical (unpaired) electrons. The fraction of sp³-hybridized carbons (Fsp3) is 0.412. The average Bonchev–Trinajstić information content (AvgIpc) is 3.26. The lowest BCUT2D eigenvalue weighted by atomic mass is 9.94. The van der Waals surface area contributed by atoms with Crippen molar-refractivity contribution < 1.29 is 14.0 Å². The summed E-state index contributed by atoms with van der Waals surface area (Å²) >= 11 is 1.29. The molecule has 0 aliphatic heterocycles. The lowest BCUT2D eigenvalue weighted by molar-refractivity contribution is 0.0701. The van der Waals surface area contributed by atoms with Crippen LogP contribution in [-0.2, 0) is 0 Å². The van der Waals surface area contributed by atoms with Gasteiger partial charge in [-0.2, -0.15) is 0 Å². The number of amides is 2. The minimum atomic E-state index is -0.309. The van der Waals surface area contributed by atoms with Gasteiger partial charge < -0.3 is 14.6 Å². The quantitative estimate of drug-likeness (QED) is 0.920. The van der Waals surface area contributed by atoms with Crippen molar-refractivity contribution in [1.82, 2.24) is 4.90 Å². The van der Waals surface area contributed by atoms with Crippen LogP contribution in [0.5, 0.6) is 0 Å². The van der Waals surface area contributed by atoms with E-state index in [1.807, 2.05) is 11.9 Å². The van der Waals surface area contributed by atoms with Crippen LogP contribution in [0, 0.1) is 0 Å². The van der Waals surface area contributed by atoms with E-state index in [0.29, 0.717) is 15.9 Å². The topological polar surface area (TPSA) is 62.6 Å². The van der Waals surface area contributed by atoms with Crippen LogP contribution in [0.3, 0.4) is 0 Å². The number of rotatable bonds is 4. The summed E-state index contributed by atoms with van der Waals surface area (Å²) in [5, 5.41) is 3.40. The minimum Gasteiger partial charge on any atom is -0.459 e. The van der Waals surface area contributed by atoms with Gasteiger partial charge in [0.05, 0.1) is 16.1 Å². The minimum absolute atomic E-state index is 0.0281. The number of carbonyl (C=O) groups is 2. The number of thiophene rings is 1. The van der Waals surface area contributed by atoms with Gasteiger partial charge in [0.2, 0.25) is 0 Å². The van der Waals surface area contributed by atoms with E-state index in [1.54, 1.807) is 24.3 Å². The number of hydrogen-bond donors (Lipinski definition) is 1. The summed E-state index contributed by atoms with van der Waals surface area (Å²) in [4.78, 5) is 27.0. The molecule has 2 aromatic heterocycles. The highest BCUT2D eigenvalue weighted by atomic mass is 32.1. The second-order valence-electron chi connectivity index (χ2n) is 5.80. The maximum atomic E-state index is 12.6. The predicted molar refractivity (Wildman–Crippen MR) is 89.9 cm³/mol. The molecule has 0 aromatic carbocycles. The molecular formula is C17H20N2O3S. The Morgan fingerprint density at radius 3 is 2.70 bits per heavy atom. The van der Waals surface area contributed by atoms with E-state index < -0.39 is 0 Å². The van der Waals surface area contributed by atoms with Crippen LogP contribution < -0.4 is 5.32 Å². The number of nitrogens with zero attached hydrogens (tertiary/aromatic N) is 1. The molecule has 0 spiro atoms. The molecule has 2 amide bonds. The van der Waals surface area contributed by atoms with E-state index in [0.717, 1.165) is 12.8 Å². The van der Waals surface area contributed by atoms with Crippen LogP contribution in [-0.4, -0.2) is 29.8 Å². The van der Waals surface area contributed by atoms with E-state index in [4.69, 9.17) is 4.42 Å². The number of carbonyl (C=O) groups excluding carboxylic acids is 2. The van der Waals surface area contributed by atoms with Gasteiger partial charge in [-0.25, -0.2) is 0 Å². The normalized spacial score (nSPS) is 15.3. The molecular weight excluding hydrogens is 312 g/mol. The Balaban J connectivity index is 1.64. The summed E-state index contributed by atoms with van der Waals surface area (Å²) in [6.07, 6.45) is 7.26. The highest BCUT2D eigenvalue weighted by molar-refractivity contribution is 7.18. The van der Waals surface area contributed by atoms with Crippen molar-refractivity contribution in [2.45, 2.75) is 38.1 Å². The fourth-order valence-corrected chi connectivity index (χ4v) is 3.79. The predicted octanol–water partition coefficient (Wildman–Crippen LogP) is 4.00. The Morgan fingerprint density at radius 2 is 2.00 bits per heavy atom. The summed E-state index contributed by atoms with van der Waals surface area (Å²) in [6, 6.07) is 7.13. The van der Waals surface area contributed by atoms with Crippen molar-refractivity contribution in [1.29, 1.82) is 0 Å². The molecule has 23 heavy (non-hydrogen) atoms. The zero-order chi connectivity index (χ0) is 16.2. The second kappa shape index (κ2) is 7.00. The molecule has 2 aromatic rings. The van der Waals surface area contributed by atoms with Crippen LogP contribution in [0.15, 0.2) is 34.9 Å². The third-order valence-electron chi connectivity index (χ3n) is 4.24. The fourth-order valence-electron chi connectivity index (χ4n) is 2.91. The Kier molecular flexibility index (Phi) is 4.81. The number of anilines is 1. The Labute approximate surface area is 139 Å². The van der Waals surface area contributed by atoms with Gasteiger partial charge >= 0.3 is 0 Å². The molecule has 1 saturated carbocycles. The van der Waals surface area contributed by atoms with Crippen LogP contribution in [0.2, 0.25) is 0 Å². The van der Waals surface area contributed by atoms with Gasteiger partial charge in [0.1, 0.15) is 0 Å². The van der Waals surface area contributed by atoms with E-state index in [9.17, 15) is 9.59 Å². The Hall–Kier alpha value is -2.08. The third-order valence-corrected chi connectivity index (χ3v) is 5.23. The first-order valence-corrected chi connectivity index (χ1v) is 8.68. The first-order valence-electron chi connectivity index (χ1n) is 7.87. The van der Waals surface area contributed by atoms with Crippen LogP contribution >= 0.6 is 11.3 Å². The SMILES string of the molecule is CN(C(=O)c1ccc(NC(=O)c2ccco2)s1)C1CCCCC1. The highest BCUT2D eigenvalue weighted by Gasteiger charge is 2.24. The van der Waals surface area contributed by atoms with Crippen LogP contribution in [0.1, 0.15) is 52.3 Å². The molecule has 0 unspecified atom stereocenters. The largest absolute Gasteiger partial charge is 0.459 e. The molecule has 5 nitrogen and oxygen atoms in total. The van der Waals surface area contributed by atoms with Gasteiger partial charge in [-0.1, -0.05) is 19.3 Å².